The molecule has 18 heavy (non-hydrogen) atoms. The van der Waals surface area contributed by atoms with E-state index in [4.69, 9.17) is 0 Å². The normalized spacial score (nSPS) is 12.9. The number of hydrogen-bond acceptors (Lipinski definition) is 3. The molecule has 0 saturated heterocycles. The number of thiophene rings is 2. The van der Waals surface area contributed by atoms with Gasteiger partial charge in [0.25, 0.3) is 0 Å². The van der Waals surface area contributed by atoms with Crippen LogP contribution < -0.4 is 5.32 Å². The summed E-state index contributed by atoms with van der Waals surface area (Å²) in [5.41, 5.74) is 1.33. The summed E-state index contributed by atoms with van der Waals surface area (Å²) in [5.74, 6) is 0. The van der Waals surface area contributed by atoms with Crippen molar-refractivity contribution < 1.29 is 0 Å². The van der Waals surface area contributed by atoms with Crippen LogP contribution >= 0.6 is 54.5 Å². The number of hydrogen-bond donors (Lipinski definition) is 1. The molecule has 0 bridgehead atoms. The number of halogens is 2. The number of nitrogens with one attached hydrogen (secondary N) is 1. The van der Waals surface area contributed by atoms with E-state index in [1.54, 1.807) is 11.3 Å². The lowest BCUT2D eigenvalue weighted by molar-refractivity contribution is 0.596. The zero-order chi connectivity index (χ0) is 13.1. The number of likely N-dealkylation sites (N-methyl/N-ethyl adjacent to an activating group) is 1. The Labute approximate surface area is 133 Å². The molecule has 1 unspecified atom stereocenters. The van der Waals surface area contributed by atoms with Crippen LogP contribution in [0.3, 0.4) is 0 Å². The summed E-state index contributed by atoms with van der Waals surface area (Å²) in [7, 11) is 2.02. The lowest BCUT2D eigenvalue weighted by Crippen LogP contribution is -2.18. The van der Waals surface area contributed by atoms with E-state index in [2.05, 4.69) is 62.3 Å². The third-order valence-electron chi connectivity index (χ3n) is 2.88. The molecule has 0 aliphatic heterocycles. The minimum Gasteiger partial charge on any atom is -0.313 e. The topological polar surface area (TPSA) is 12.0 Å². The summed E-state index contributed by atoms with van der Waals surface area (Å²) in [6.07, 6.45) is 2.17. The Hall–Kier alpha value is 0.320. The maximum absolute atomic E-state index is 3.64. The fourth-order valence-electron chi connectivity index (χ4n) is 1.88. The Kier molecular flexibility index (Phi) is 5.45. The highest BCUT2D eigenvalue weighted by Crippen LogP contribution is 2.37. The van der Waals surface area contributed by atoms with Gasteiger partial charge in [0.15, 0.2) is 0 Å². The Morgan fingerprint density at radius 3 is 2.44 bits per heavy atom. The van der Waals surface area contributed by atoms with Crippen LogP contribution in [0.4, 0.5) is 0 Å². The molecule has 2 heterocycles. The molecule has 1 atom stereocenters. The third-order valence-corrected chi connectivity index (χ3v) is 6.52. The van der Waals surface area contributed by atoms with Gasteiger partial charge in [-0.2, -0.15) is 0 Å². The third kappa shape index (κ3) is 3.45. The van der Waals surface area contributed by atoms with E-state index in [0.717, 1.165) is 12.8 Å². The Morgan fingerprint density at radius 1 is 1.22 bits per heavy atom. The molecule has 0 amide bonds. The monoisotopic (exact) mass is 407 g/mol. The van der Waals surface area contributed by atoms with Crippen molar-refractivity contribution in [3.05, 3.63) is 41.1 Å². The summed E-state index contributed by atoms with van der Waals surface area (Å²) >= 11 is 10.8. The lowest BCUT2D eigenvalue weighted by Gasteiger charge is -2.14. The minimum absolute atomic E-state index is 0.366. The summed E-state index contributed by atoms with van der Waals surface area (Å²) in [5, 5.41) is 3.41. The van der Waals surface area contributed by atoms with Crippen LogP contribution in [0.5, 0.6) is 0 Å². The van der Waals surface area contributed by atoms with Crippen LogP contribution in [-0.4, -0.2) is 7.05 Å². The van der Waals surface area contributed by atoms with Gasteiger partial charge in [0.2, 0.25) is 0 Å². The average molecular weight is 409 g/mol. The standard InChI is InChI=1S/C13H15Br2NS2/c1-3-8-4-5-9(17-8)6-11(16-2)10-7-12(14)18-13(10)15/h4-5,7,11,16H,3,6H2,1-2H3. The van der Waals surface area contributed by atoms with Gasteiger partial charge in [0.05, 0.1) is 7.57 Å². The second-order valence-electron chi connectivity index (χ2n) is 4.05. The molecule has 5 heteroatoms. The van der Waals surface area contributed by atoms with Gasteiger partial charge in [-0.25, -0.2) is 0 Å². The number of rotatable bonds is 5. The molecular formula is C13H15Br2NS2. The van der Waals surface area contributed by atoms with E-state index < -0.39 is 0 Å². The first kappa shape index (κ1) is 14.7. The second-order valence-corrected chi connectivity index (χ2v) is 9.05. The zero-order valence-electron chi connectivity index (χ0n) is 10.3. The van der Waals surface area contributed by atoms with Gasteiger partial charge in [-0.15, -0.1) is 22.7 Å². The molecule has 0 saturated carbocycles. The zero-order valence-corrected chi connectivity index (χ0v) is 15.1. The predicted molar refractivity (Wildman–Crippen MR) is 88.9 cm³/mol. The van der Waals surface area contributed by atoms with Crippen molar-refractivity contribution in [2.45, 2.75) is 25.8 Å². The maximum atomic E-state index is 3.64. The van der Waals surface area contributed by atoms with Crippen molar-refractivity contribution in [1.29, 1.82) is 0 Å². The predicted octanol–water partition coefficient (Wildman–Crippen LogP) is 5.40. The van der Waals surface area contributed by atoms with Gasteiger partial charge in [-0.05, 0) is 69.1 Å². The fourth-order valence-corrected chi connectivity index (χ4v) is 5.86. The van der Waals surface area contributed by atoms with E-state index in [1.807, 2.05) is 18.4 Å². The maximum Gasteiger partial charge on any atom is 0.0758 e. The van der Waals surface area contributed by atoms with Gasteiger partial charge in [-0.1, -0.05) is 6.92 Å². The van der Waals surface area contributed by atoms with E-state index in [-0.39, 0.29) is 0 Å². The second kappa shape index (κ2) is 6.66. The highest BCUT2D eigenvalue weighted by atomic mass is 79.9. The van der Waals surface area contributed by atoms with E-state index in [9.17, 15) is 0 Å². The Morgan fingerprint density at radius 2 is 1.94 bits per heavy atom. The molecule has 0 radical (unpaired) electrons. The number of aryl methyl sites for hydroxylation is 1. The van der Waals surface area contributed by atoms with Gasteiger partial charge < -0.3 is 5.32 Å². The Bertz CT molecular complexity index is 519. The van der Waals surface area contributed by atoms with Crippen LogP contribution in [0.1, 0.15) is 28.3 Å². The molecule has 0 aliphatic carbocycles. The molecule has 0 spiro atoms. The van der Waals surface area contributed by atoms with Crippen molar-refractivity contribution in [3.8, 4) is 0 Å². The Balaban J connectivity index is 2.16. The largest absolute Gasteiger partial charge is 0.313 e. The van der Waals surface area contributed by atoms with Gasteiger partial charge in [-0.3, -0.25) is 0 Å². The van der Waals surface area contributed by atoms with Crippen molar-refractivity contribution >= 4 is 54.5 Å². The molecule has 1 nitrogen and oxygen atoms in total. The van der Waals surface area contributed by atoms with Gasteiger partial charge >= 0.3 is 0 Å². The summed E-state index contributed by atoms with van der Waals surface area (Å²) in [4.78, 5) is 2.91. The van der Waals surface area contributed by atoms with Crippen LogP contribution in [0.25, 0.3) is 0 Å². The van der Waals surface area contributed by atoms with Crippen molar-refractivity contribution in [3.63, 3.8) is 0 Å². The van der Waals surface area contributed by atoms with Crippen LogP contribution in [0, 0.1) is 0 Å². The van der Waals surface area contributed by atoms with Crippen molar-refractivity contribution in [2.75, 3.05) is 7.05 Å². The lowest BCUT2D eigenvalue weighted by atomic mass is 10.1. The van der Waals surface area contributed by atoms with Crippen molar-refractivity contribution in [2.24, 2.45) is 0 Å². The first-order valence-electron chi connectivity index (χ1n) is 5.83. The molecular weight excluding hydrogens is 394 g/mol. The molecule has 2 aromatic rings. The van der Waals surface area contributed by atoms with Crippen LogP contribution in [0.15, 0.2) is 25.8 Å². The fraction of sp³-hybridized carbons (Fsp3) is 0.385. The van der Waals surface area contributed by atoms with Crippen molar-refractivity contribution in [1.82, 2.24) is 5.32 Å². The van der Waals surface area contributed by atoms with E-state index in [0.29, 0.717) is 6.04 Å². The van der Waals surface area contributed by atoms with E-state index >= 15 is 0 Å². The average Bonchev–Trinajstić information content (AvgIpc) is 2.92. The van der Waals surface area contributed by atoms with Gasteiger partial charge in [0, 0.05) is 22.2 Å². The van der Waals surface area contributed by atoms with Crippen LogP contribution in [0.2, 0.25) is 0 Å². The molecule has 2 rings (SSSR count). The highest BCUT2D eigenvalue weighted by molar-refractivity contribution is 9.12. The molecule has 1 N–H and O–H groups in total. The highest BCUT2D eigenvalue weighted by Gasteiger charge is 2.16. The quantitative estimate of drug-likeness (QED) is 0.698. The SMILES string of the molecule is CCc1ccc(CC(NC)c2cc(Br)sc2Br)s1. The first-order valence-corrected chi connectivity index (χ1v) is 9.05. The minimum atomic E-state index is 0.366. The van der Waals surface area contributed by atoms with E-state index in [1.165, 1.54) is 22.9 Å². The molecule has 0 fully saturated rings. The first-order chi connectivity index (χ1) is 8.63. The molecule has 98 valence electrons. The van der Waals surface area contributed by atoms with Crippen LogP contribution in [-0.2, 0) is 12.8 Å². The molecule has 2 aromatic heterocycles. The van der Waals surface area contributed by atoms with Gasteiger partial charge in [0.1, 0.15) is 0 Å². The smallest absolute Gasteiger partial charge is 0.0758 e. The summed E-state index contributed by atoms with van der Waals surface area (Å²) in [6, 6.07) is 7.06. The molecule has 0 aliphatic rings. The molecule has 0 aromatic carbocycles. The summed E-state index contributed by atoms with van der Waals surface area (Å²) in [6.45, 7) is 2.21. The summed E-state index contributed by atoms with van der Waals surface area (Å²) < 4.78 is 2.38.